The predicted molar refractivity (Wildman–Crippen MR) is 50.0 cm³/mol. The third-order valence-corrected chi connectivity index (χ3v) is 2.55. The number of amides is 1. The molecule has 0 aromatic heterocycles. The Morgan fingerprint density at radius 2 is 2.50 bits per heavy atom. The smallest absolute Gasteiger partial charge is 0.375 e. The molecule has 1 fully saturated rings. The molecule has 70 valence electrons. The third kappa shape index (κ3) is 2.06. The minimum Gasteiger partial charge on any atom is -0.375 e. The van der Waals surface area contributed by atoms with Gasteiger partial charge in [-0.3, -0.25) is 0 Å². The summed E-state index contributed by atoms with van der Waals surface area (Å²) in [6, 6.07) is 0.407. The lowest BCUT2D eigenvalue weighted by Crippen LogP contribution is -2.34. The van der Waals surface area contributed by atoms with Gasteiger partial charge in [0.2, 0.25) is 0 Å². The fourth-order valence-electron chi connectivity index (χ4n) is 1.62. The minimum atomic E-state index is -0.174. The summed E-state index contributed by atoms with van der Waals surface area (Å²) in [5, 5.41) is 0. The number of likely N-dealkylation sites (tertiary alicyclic amines) is 1. The van der Waals surface area contributed by atoms with Crippen molar-refractivity contribution in [2.24, 2.45) is 0 Å². The topological polar surface area (TPSA) is 29.5 Å². The summed E-state index contributed by atoms with van der Waals surface area (Å²) in [6.07, 6.45) is 4.85. The monoisotopic (exact) mass is 189 g/mol. The summed E-state index contributed by atoms with van der Waals surface area (Å²) in [5.41, 5.74) is 0. The molecule has 12 heavy (non-hydrogen) atoms. The van der Waals surface area contributed by atoms with E-state index in [1.165, 1.54) is 0 Å². The normalized spacial score (nSPS) is 22.8. The molecule has 0 aromatic rings. The van der Waals surface area contributed by atoms with Gasteiger partial charge in [0.05, 0.1) is 12.0 Å². The molecule has 4 heteroatoms. The Bertz CT molecular complexity index is 163. The molecule has 0 unspecified atom stereocenters. The van der Waals surface area contributed by atoms with Crippen LogP contribution in [-0.2, 0) is 4.18 Å². The largest absolute Gasteiger partial charge is 0.422 e. The Balaban J connectivity index is 2.43. The molecule has 1 rings (SSSR count). The van der Waals surface area contributed by atoms with E-state index in [1.54, 1.807) is 6.26 Å². The number of hydrogen-bond donors (Lipinski definition) is 0. The number of nitrogens with zero attached hydrogens (tertiary/aromatic N) is 1. The molecule has 0 saturated carbocycles. The molecule has 0 spiro atoms. The number of carbonyl (C=O) groups is 1. The van der Waals surface area contributed by atoms with Crippen LogP contribution in [0.2, 0.25) is 0 Å². The highest BCUT2D eigenvalue weighted by atomic mass is 32.2. The van der Waals surface area contributed by atoms with Crippen LogP contribution in [0.3, 0.4) is 0 Å². The van der Waals surface area contributed by atoms with Crippen LogP contribution < -0.4 is 0 Å². The molecule has 0 bridgehead atoms. The van der Waals surface area contributed by atoms with Gasteiger partial charge in [-0.15, -0.1) is 0 Å². The zero-order chi connectivity index (χ0) is 8.97. The van der Waals surface area contributed by atoms with Crippen LogP contribution in [-0.4, -0.2) is 29.8 Å². The second kappa shape index (κ2) is 4.60. The van der Waals surface area contributed by atoms with Gasteiger partial charge in [-0.05, 0) is 19.3 Å². The molecule has 0 N–H and O–H groups in total. The molecule has 3 nitrogen and oxygen atoms in total. The van der Waals surface area contributed by atoms with Crippen molar-refractivity contribution in [2.45, 2.75) is 32.2 Å². The van der Waals surface area contributed by atoms with Crippen LogP contribution in [0.25, 0.3) is 0 Å². The summed E-state index contributed by atoms with van der Waals surface area (Å²) in [6.45, 7) is 2.97. The maximum Gasteiger partial charge on any atom is 0.422 e. The van der Waals surface area contributed by atoms with E-state index < -0.39 is 0 Å². The summed E-state index contributed by atoms with van der Waals surface area (Å²) >= 11 is 1.12. The van der Waals surface area contributed by atoms with E-state index in [1.807, 2.05) is 4.90 Å². The van der Waals surface area contributed by atoms with E-state index in [0.29, 0.717) is 6.04 Å². The number of hydrogen-bond acceptors (Lipinski definition) is 3. The summed E-state index contributed by atoms with van der Waals surface area (Å²) in [4.78, 5) is 13.1. The van der Waals surface area contributed by atoms with E-state index in [4.69, 9.17) is 4.18 Å². The average molecular weight is 189 g/mol. The Morgan fingerprint density at radius 1 is 1.75 bits per heavy atom. The summed E-state index contributed by atoms with van der Waals surface area (Å²) < 4.78 is 4.86. The number of rotatable bonds is 2. The van der Waals surface area contributed by atoms with Crippen molar-refractivity contribution in [3.05, 3.63) is 0 Å². The first-order chi connectivity index (χ1) is 5.79. The average Bonchev–Trinajstić information content (AvgIpc) is 2.51. The molecule has 1 atom stereocenters. The first kappa shape index (κ1) is 9.71. The van der Waals surface area contributed by atoms with Crippen molar-refractivity contribution in [3.63, 3.8) is 0 Å². The van der Waals surface area contributed by atoms with Gasteiger partial charge >= 0.3 is 6.09 Å². The van der Waals surface area contributed by atoms with E-state index in [0.717, 1.165) is 37.8 Å². The second-order valence-electron chi connectivity index (χ2n) is 2.91. The fourth-order valence-corrected chi connectivity index (χ4v) is 1.86. The Labute approximate surface area is 77.7 Å². The van der Waals surface area contributed by atoms with Crippen molar-refractivity contribution < 1.29 is 8.98 Å². The highest BCUT2D eigenvalue weighted by Crippen LogP contribution is 2.21. The maximum absolute atomic E-state index is 11.3. The van der Waals surface area contributed by atoms with Crippen molar-refractivity contribution in [1.29, 1.82) is 0 Å². The van der Waals surface area contributed by atoms with Gasteiger partial charge in [0, 0.05) is 18.8 Å². The lowest BCUT2D eigenvalue weighted by molar-refractivity contribution is 0.154. The molecule has 1 aliphatic heterocycles. The van der Waals surface area contributed by atoms with Crippen LogP contribution in [0.5, 0.6) is 0 Å². The molecule has 1 amide bonds. The van der Waals surface area contributed by atoms with Gasteiger partial charge in [0.15, 0.2) is 0 Å². The predicted octanol–water partition coefficient (Wildman–Crippen LogP) is 2.28. The van der Waals surface area contributed by atoms with E-state index in [2.05, 4.69) is 6.92 Å². The molecular weight excluding hydrogens is 174 g/mol. The standard InChI is InChI=1S/C8H15NO2S/c1-3-7-5-4-6-9(7)8(10)11-12-2/h7H,3-6H2,1-2H3/t7-/m0/s1. The Kier molecular flexibility index (Phi) is 3.72. The molecular formula is C8H15NO2S. The maximum atomic E-state index is 11.3. The van der Waals surface area contributed by atoms with E-state index in [-0.39, 0.29) is 6.09 Å². The SMILES string of the molecule is CC[C@H]1CCCN1C(=O)OSC. The molecule has 1 aliphatic rings. The van der Waals surface area contributed by atoms with Crippen molar-refractivity contribution >= 4 is 18.1 Å². The zero-order valence-electron chi connectivity index (χ0n) is 7.58. The van der Waals surface area contributed by atoms with Gasteiger partial charge < -0.3 is 9.08 Å². The summed E-state index contributed by atoms with van der Waals surface area (Å²) in [7, 11) is 0. The van der Waals surface area contributed by atoms with Gasteiger partial charge in [0.1, 0.15) is 0 Å². The summed E-state index contributed by atoms with van der Waals surface area (Å²) in [5.74, 6) is 0. The first-order valence-electron chi connectivity index (χ1n) is 4.30. The van der Waals surface area contributed by atoms with Gasteiger partial charge in [-0.2, -0.15) is 0 Å². The minimum absolute atomic E-state index is 0.174. The number of carbonyl (C=O) groups excluding carboxylic acids is 1. The second-order valence-corrected chi connectivity index (χ2v) is 3.41. The van der Waals surface area contributed by atoms with E-state index >= 15 is 0 Å². The molecule has 1 saturated heterocycles. The molecule has 0 aliphatic carbocycles. The van der Waals surface area contributed by atoms with E-state index in [9.17, 15) is 4.79 Å². The zero-order valence-corrected chi connectivity index (χ0v) is 8.39. The van der Waals surface area contributed by atoms with Crippen LogP contribution in [0.15, 0.2) is 0 Å². The fraction of sp³-hybridized carbons (Fsp3) is 0.875. The highest BCUT2D eigenvalue weighted by Gasteiger charge is 2.28. The molecule has 0 aromatic carbocycles. The van der Waals surface area contributed by atoms with Crippen LogP contribution >= 0.6 is 12.0 Å². The third-order valence-electron chi connectivity index (χ3n) is 2.24. The molecule has 0 radical (unpaired) electrons. The molecule has 1 heterocycles. The van der Waals surface area contributed by atoms with Crippen molar-refractivity contribution in [1.82, 2.24) is 4.90 Å². The van der Waals surface area contributed by atoms with Crippen LogP contribution in [0.4, 0.5) is 4.79 Å². The lowest BCUT2D eigenvalue weighted by atomic mass is 10.2. The van der Waals surface area contributed by atoms with Gasteiger partial charge in [-0.1, -0.05) is 6.92 Å². The Hall–Kier alpha value is -0.380. The lowest BCUT2D eigenvalue weighted by Gasteiger charge is -2.21. The van der Waals surface area contributed by atoms with Gasteiger partial charge in [0.25, 0.3) is 0 Å². The Morgan fingerprint density at radius 3 is 3.08 bits per heavy atom. The van der Waals surface area contributed by atoms with Crippen molar-refractivity contribution in [3.8, 4) is 0 Å². The quantitative estimate of drug-likeness (QED) is 0.624. The van der Waals surface area contributed by atoms with Crippen LogP contribution in [0, 0.1) is 0 Å². The first-order valence-corrected chi connectivity index (χ1v) is 5.45. The van der Waals surface area contributed by atoms with Crippen LogP contribution in [0.1, 0.15) is 26.2 Å². The highest BCUT2D eigenvalue weighted by molar-refractivity contribution is 7.94. The van der Waals surface area contributed by atoms with Gasteiger partial charge in [-0.25, -0.2) is 4.79 Å². The van der Waals surface area contributed by atoms with Crippen molar-refractivity contribution in [2.75, 3.05) is 12.8 Å².